The molecule has 1 rings (SSSR count). The average Bonchev–Trinajstić information content (AvgIpc) is 2.36. The highest BCUT2D eigenvalue weighted by atomic mass is 14.9. The summed E-state index contributed by atoms with van der Waals surface area (Å²) in [6, 6.07) is 0. The number of rotatable bonds is 0. The van der Waals surface area contributed by atoms with E-state index in [2.05, 4.69) is 19.2 Å². The van der Waals surface area contributed by atoms with Crippen molar-refractivity contribution >= 4 is 0 Å². The molecule has 0 aliphatic carbocycles. The van der Waals surface area contributed by atoms with Gasteiger partial charge in [-0.25, -0.2) is 0 Å². The number of hydrogen-bond acceptors (Lipinski definition) is 1. The Morgan fingerprint density at radius 3 is 1.92 bits per heavy atom. The van der Waals surface area contributed by atoms with E-state index in [9.17, 15) is 0 Å². The summed E-state index contributed by atoms with van der Waals surface area (Å²) in [5, 5.41) is 3.40. The summed E-state index contributed by atoms with van der Waals surface area (Å²) < 4.78 is 0. The van der Waals surface area contributed by atoms with Gasteiger partial charge in [-0.2, -0.15) is 0 Å². The summed E-state index contributed by atoms with van der Waals surface area (Å²) in [5.41, 5.74) is 0.601. The monoisotopic (exact) mass is 187 g/mol. The highest BCUT2D eigenvalue weighted by molar-refractivity contribution is 4.73. The molecule has 0 bridgehead atoms. The molecule has 0 radical (unpaired) electrons. The molecule has 0 saturated carbocycles. The summed E-state index contributed by atoms with van der Waals surface area (Å²) in [6.07, 6.45) is 4.08. The smallest absolute Gasteiger partial charge is 0.00438 e. The van der Waals surface area contributed by atoms with Crippen molar-refractivity contribution in [3.05, 3.63) is 0 Å². The second kappa shape index (κ2) is 10.0. The maximum Gasteiger partial charge on any atom is -0.00438 e. The van der Waals surface area contributed by atoms with Crippen molar-refractivity contribution < 1.29 is 0 Å². The predicted molar refractivity (Wildman–Crippen MR) is 63.2 cm³/mol. The fourth-order valence-corrected chi connectivity index (χ4v) is 1.37. The van der Waals surface area contributed by atoms with Crippen LogP contribution >= 0.6 is 0 Å². The van der Waals surface area contributed by atoms with E-state index in [1.54, 1.807) is 0 Å². The molecule has 0 aromatic heterocycles. The van der Waals surface area contributed by atoms with Crippen molar-refractivity contribution in [3.63, 3.8) is 0 Å². The van der Waals surface area contributed by atoms with Gasteiger partial charge in [0.2, 0.25) is 0 Å². The summed E-state index contributed by atoms with van der Waals surface area (Å²) in [5.74, 6) is 0. The van der Waals surface area contributed by atoms with Crippen LogP contribution in [-0.2, 0) is 0 Å². The lowest BCUT2D eigenvalue weighted by atomic mass is 9.85. The van der Waals surface area contributed by atoms with E-state index >= 15 is 0 Å². The summed E-state index contributed by atoms with van der Waals surface area (Å²) in [6.45, 7) is 15.2. The lowest BCUT2D eigenvalue weighted by Gasteiger charge is -2.20. The zero-order valence-corrected chi connectivity index (χ0v) is 10.5. The molecular weight excluding hydrogens is 158 g/mol. The molecule has 1 aliphatic rings. The van der Waals surface area contributed by atoms with E-state index in [1.165, 1.54) is 32.4 Å². The van der Waals surface area contributed by atoms with Gasteiger partial charge in [0.1, 0.15) is 0 Å². The fraction of sp³-hybridized carbons (Fsp3) is 1.00. The van der Waals surface area contributed by atoms with E-state index < -0.39 is 0 Å². The van der Waals surface area contributed by atoms with Gasteiger partial charge in [-0.3, -0.25) is 0 Å². The van der Waals surface area contributed by atoms with E-state index in [4.69, 9.17) is 0 Å². The third kappa shape index (κ3) is 9.88. The fourth-order valence-electron chi connectivity index (χ4n) is 1.37. The van der Waals surface area contributed by atoms with Gasteiger partial charge in [-0.1, -0.05) is 41.5 Å². The first-order valence-electron chi connectivity index (χ1n) is 5.91. The van der Waals surface area contributed by atoms with Crippen LogP contribution in [0.1, 0.15) is 60.8 Å². The largest absolute Gasteiger partial charge is 0.317 e. The van der Waals surface area contributed by atoms with E-state index in [1.807, 2.05) is 27.7 Å². The van der Waals surface area contributed by atoms with Crippen molar-refractivity contribution in [2.45, 2.75) is 60.8 Å². The minimum atomic E-state index is 0.601. The molecule has 0 spiro atoms. The quantitative estimate of drug-likeness (QED) is 0.607. The van der Waals surface area contributed by atoms with Crippen molar-refractivity contribution in [2.75, 3.05) is 13.1 Å². The first-order chi connectivity index (χ1) is 6.21. The van der Waals surface area contributed by atoms with Crippen molar-refractivity contribution in [2.24, 2.45) is 5.41 Å². The molecule has 0 unspecified atom stereocenters. The molecule has 1 heteroatoms. The molecule has 1 aliphatic heterocycles. The lowest BCUT2D eigenvalue weighted by molar-refractivity contribution is 0.323. The van der Waals surface area contributed by atoms with Crippen LogP contribution in [0.5, 0.6) is 0 Å². The molecule has 0 atom stereocenters. The van der Waals surface area contributed by atoms with Gasteiger partial charge >= 0.3 is 0 Å². The van der Waals surface area contributed by atoms with Crippen LogP contribution in [0.3, 0.4) is 0 Å². The Labute approximate surface area is 85.3 Å². The zero-order chi connectivity index (χ0) is 10.7. The van der Waals surface area contributed by atoms with Gasteiger partial charge in [0.15, 0.2) is 0 Å². The summed E-state index contributed by atoms with van der Waals surface area (Å²) in [4.78, 5) is 0. The molecule has 1 fully saturated rings. The van der Waals surface area contributed by atoms with Crippen LogP contribution in [0.4, 0.5) is 0 Å². The van der Waals surface area contributed by atoms with Crippen LogP contribution in [0, 0.1) is 5.41 Å². The van der Waals surface area contributed by atoms with Gasteiger partial charge < -0.3 is 5.32 Å². The first kappa shape index (κ1) is 15.4. The van der Waals surface area contributed by atoms with Crippen molar-refractivity contribution in [3.8, 4) is 0 Å². The van der Waals surface area contributed by atoms with E-state index in [0.29, 0.717) is 5.41 Å². The minimum absolute atomic E-state index is 0.601. The maximum absolute atomic E-state index is 3.40. The molecule has 0 aromatic rings. The van der Waals surface area contributed by atoms with Crippen LogP contribution in [0.2, 0.25) is 0 Å². The average molecular weight is 187 g/mol. The Balaban J connectivity index is 0. The molecule has 1 N–H and O–H groups in total. The molecule has 1 heterocycles. The Morgan fingerprint density at radius 2 is 1.38 bits per heavy atom. The summed E-state index contributed by atoms with van der Waals surface area (Å²) in [7, 11) is 0. The van der Waals surface area contributed by atoms with Crippen molar-refractivity contribution in [1.82, 2.24) is 5.32 Å². The van der Waals surface area contributed by atoms with Gasteiger partial charge in [-0.15, -0.1) is 0 Å². The number of nitrogens with one attached hydrogen (secondary N) is 1. The molecular formula is C12H29N. The predicted octanol–water partition coefficient (Wildman–Crippen LogP) is 3.84. The Morgan fingerprint density at radius 1 is 0.846 bits per heavy atom. The molecule has 1 saturated heterocycles. The second-order valence-corrected chi connectivity index (χ2v) is 3.77. The highest BCUT2D eigenvalue weighted by Gasteiger charge is 2.18. The molecule has 0 amide bonds. The molecule has 13 heavy (non-hydrogen) atoms. The van der Waals surface area contributed by atoms with E-state index in [-0.39, 0.29) is 0 Å². The SMILES string of the molecule is CC.CC.CC1(C)CCCNCC1. The zero-order valence-electron chi connectivity index (χ0n) is 10.5. The van der Waals surface area contributed by atoms with E-state index in [0.717, 1.165) is 0 Å². The molecule has 1 nitrogen and oxygen atoms in total. The highest BCUT2D eigenvalue weighted by Crippen LogP contribution is 2.27. The van der Waals surface area contributed by atoms with Crippen LogP contribution in [0.15, 0.2) is 0 Å². The van der Waals surface area contributed by atoms with Crippen molar-refractivity contribution in [1.29, 1.82) is 0 Å². The van der Waals surface area contributed by atoms with Gasteiger partial charge in [0, 0.05) is 0 Å². The van der Waals surface area contributed by atoms with Crippen LogP contribution in [0.25, 0.3) is 0 Å². The minimum Gasteiger partial charge on any atom is -0.317 e. The van der Waals surface area contributed by atoms with Crippen LogP contribution in [-0.4, -0.2) is 13.1 Å². The Bertz CT molecular complexity index is 77.1. The molecule has 82 valence electrons. The maximum atomic E-state index is 3.40. The first-order valence-corrected chi connectivity index (χ1v) is 5.91. The van der Waals surface area contributed by atoms with Crippen LogP contribution < -0.4 is 5.32 Å². The van der Waals surface area contributed by atoms with Gasteiger partial charge in [-0.05, 0) is 37.8 Å². The van der Waals surface area contributed by atoms with Gasteiger partial charge in [0.05, 0.1) is 0 Å². The normalized spacial score (nSPS) is 19.8. The third-order valence-corrected chi connectivity index (χ3v) is 2.19. The van der Waals surface area contributed by atoms with Gasteiger partial charge in [0.25, 0.3) is 0 Å². The molecule has 0 aromatic carbocycles. The Hall–Kier alpha value is -0.0400. The standard InChI is InChI=1S/C8H17N.2C2H6/c1-8(2)4-3-6-9-7-5-8;2*1-2/h9H,3-7H2,1-2H3;2*1-2H3. The topological polar surface area (TPSA) is 12.0 Å². The number of hydrogen-bond donors (Lipinski definition) is 1. The Kier molecular flexibility index (Phi) is 11.9. The third-order valence-electron chi connectivity index (χ3n) is 2.19. The second-order valence-electron chi connectivity index (χ2n) is 3.77. The lowest BCUT2D eigenvalue weighted by Crippen LogP contribution is -2.16. The summed E-state index contributed by atoms with van der Waals surface area (Å²) >= 11 is 0.